The fraction of sp³-hybridized carbons (Fsp3) is 0.400. The predicted octanol–water partition coefficient (Wildman–Crippen LogP) is 2.32. The van der Waals surface area contributed by atoms with Gasteiger partial charge in [0.05, 0.1) is 0 Å². The second kappa shape index (κ2) is 3.05. The molecule has 0 bridgehead atoms. The van der Waals surface area contributed by atoms with Crippen LogP contribution < -0.4 is 5.73 Å². The maximum Gasteiger partial charge on any atom is 0.0271 e. The Hall–Kier alpha value is -0.820. The highest BCUT2D eigenvalue weighted by Gasteiger charge is 2.04. The van der Waals surface area contributed by atoms with E-state index in [9.17, 15) is 0 Å². The van der Waals surface area contributed by atoms with Gasteiger partial charge in [-0.05, 0) is 37.5 Å². The second-order valence-electron chi connectivity index (χ2n) is 3.09. The minimum atomic E-state index is 0.149. The summed E-state index contributed by atoms with van der Waals surface area (Å²) in [5.74, 6) is 0. The lowest BCUT2D eigenvalue weighted by molar-refractivity contribution is 0.801. The highest BCUT2D eigenvalue weighted by Crippen LogP contribution is 2.18. The van der Waals surface area contributed by atoms with Gasteiger partial charge in [-0.3, -0.25) is 0 Å². The maximum atomic E-state index is 5.82. The van der Waals surface area contributed by atoms with Crippen LogP contribution in [0.1, 0.15) is 29.7 Å². The molecule has 0 aliphatic heterocycles. The van der Waals surface area contributed by atoms with E-state index in [4.69, 9.17) is 5.73 Å². The molecule has 1 rings (SSSR count). The van der Waals surface area contributed by atoms with Crippen molar-refractivity contribution in [2.45, 2.75) is 26.8 Å². The van der Waals surface area contributed by atoms with Gasteiger partial charge in [0.25, 0.3) is 0 Å². The van der Waals surface area contributed by atoms with Crippen LogP contribution in [0.15, 0.2) is 18.2 Å². The fourth-order valence-electron chi connectivity index (χ4n) is 1.55. The Labute approximate surface area is 68.2 Å². The van der Waals surface area contributed by atoms with Gasteiger partial charge >= 0.3 is 0 Å². The molecule has 1 aromatic rings. The molecule has 0 aromatic heterocycles. The van der Waals surface area contributed by atoms with Crippen LogP contribution in [-0.2, 0) is 0 Å². The lowest BCUT2D eigenvalue weighted by atomic mass is 9.98. The quantitative estimate of drug-likeness (QED) is 0.651. The molecule has 0 saturated heterocycles. The van der Waals surface area contributed by atoms with Crippen molar-refractivity contribution in [2.75, 3.05) is 0 Å². The summed E-state index contributed by atoms with van der Waals surface area (Å²) in [6.07, 6.45) is 0. The molecule has 1 aromatic carbocycles. The van der Waals surface area contributed by atoms with Crippen LogP contribution in [0.2, 0.25) is 0 Å². The topological polar surface area (TPSA) is 26.0 Å². The van der Waals surface area contributed by atoms with Crippen LogP contribution in [0.4, 0.5) is 0 Å². The van der Waals surface area contributed by atoms with E-state index in [1.807, 2.05) is 6.92 Å². The van der Waals surface area contributed by atoms with Crippen molar-refractivity contribution in [3.8, 4) is 0 Å². The molecule has 0 aliphatic carbocycles. The van der Waals surface area contributed by atoms with Crippen molar-refractivity contribution in [3.05, 3.63) is 34.9 Å². The second-order valence-corrected chi connectivity index (χ2v) is 3.09. The molecule has 0 spiro atoms. The molecule has 0 unspecified atom stereocenters. The van der Waals surface area contributed by atoms with E-state index in [0.29, 0.717) is 0 Å². The standard InChI is InChI=1S/C10H15N/c1-7-5-4-6-8(2)10(7)9(3)11/h4-6,9H,11H2,1-3H3/t9-/m1/s1. The molecule has 0 heterocycles. The van der Waals surface area contributed by atoms with Crippen LogP contribution in [0.5, 0.6) is 0 Å². The van der Waals surface area contributed by atoms with Crippen LogP contribution in [0.25, 0.3) is 0 Å². The Bertz CT molecular complexity index is 231. The number of aryl methyl sites for hydroxylation is 2. The van der Waals surface area contributed by atoms with Crippen LogP contribution in [0.3, 0.4) is 0 Å². The number of hydrogen-bond donors (Lipinski definition) is 1. The summed E-state index contributed by atoms with van der Waals surface area (Å²) in [5.41, 5.74) is 9.68. The summed E-state index contributed by atoms with van der Waals surface area (Å²) in [6.45, 7) is 6.23. The fourth-order valence-corrected chi connectivity index (χ4v) is 1.55. The average Bonchev–Trinajstić information content (AvgIpc) is 1.85. The van der Waals surface area contributed by atoms with Gasteiger partial charge in [-0.25, -0.2) is 0 Å². The van der Waals surface area contributed by atoms with E-state index in [-0.39, 0.29) is 6.04 Å². The zero-order valence-electron chi connectivity index (χ0n) is 7.39. The molecule has 0 aliphatic rings. The van der Waals surface area contributed by atoms with Crippen molar-refractivity contribution in [1.29, 1.82) is 0 Å². The minimum Gasteiger partial charge on any atom is -0.324 e. The van der Waals surface area contributed by atoms with Crippen molar-refractivity contribution < 1.29 is 0 Å². The molecule has 0 fully saturated rings. The Morgan fingerprint density at radius 3 is 1.91 bits per heavy atom. The first-order valence-electron chi connectivity index (χ1n) is 3.94. The van der Waals surface area contributed by atoms with E-state index < -0.39 is 0 Å². The maximum absolute atomic E-state index is 5.82. The molecule has 60 valence electrons. The number of hydrogen-bond acceptors (Lipinski definition) is 1. The lowest BCUT2D eigenvalue weighted by Gasteiger charge is -2.12. The van der Waals surface area contributed by atoms with Crippen LogP contribution in [0, 0.1) is 13.8 Å². The van der Waals surface area contributed by atoms with Gasteiger partial charge in [0.1, 0.15) is 0 Å². The molecule has 0 saturated carbocycles. The summed E-state index contributed by atoms with van der Waals surface area (Å²) in [5, 5.41) is 0. The van der Waals surface area contributed by atoms with Gasteiger partial charge in [-0.2, -0.15) is 0 Å². The average molecular weight is 149 g/mol. The van der Waals surface area contributed by atoms with Gasteiger partial charge in [0.15, 0.2) is 0 Å². The third-order valence-electron chi connectivity index (χ3n) is 2.00. The summed E-state index contributed by atoms with van der Waals surface area (Å²) in [7, 11) is 0. The third kappa shape index (κ3) is 1.60. The van der Waals surface area contributed by atoms with Gasteiger partial charge < -0.3 is 5.73 Å². The van der Waals surface area contributed by atoms with Crippen molar-refractivity contribution in [3.63, 3.8) is 0 Å². The number of benzene rings is 1. The van der Waals surface area contributed by atoms with E-state index in [1.165, 1.54) is 16.7 Å². The first kappa shape index (κ1) is 8.28. The Morgan fingerprint density at radius 2 is 1.64 bits per heavy atom. The highest BCUT2D eigenvalue weighted by atomic mass is 14.6. The van der Waals surface area contributed by atoms with Gasteiger partial charge in [-0.1, -0.05) is 18.2 Å². The monoisotopic (exact) mass is 149 g/mol. The molecule has 0 radical (unpaired) electrons. The third-order valence-corrected chi connectivity index (χ3v) is 2.00. The van der Waals surface area contributed by atoms with E-state index >= 15 is 0 Å². The SMILES string of the molecule is Cc1cccc(C)c1[C@@H](C)N. The first-order valence-corrected chi connectivity index (χ1v) is 3.94. The van der Waals surface area contributed by atoms with E-state index in [2.05, 4.69) is 32.0 Å². The predicted molar refractivity (Wildman–Crippen MR) is 48.5 cm³/mol. The highest BCUT2D eigenvalue weighted by molar-refractivity contribution is 5.35. The van der Waals surface area contributed by atoms with Gasteiger partial charge in [0, 0.05) is 6.04 Å². The van der Waals surface area contributed by atoms with E-state index in [0.717, 1.165) is 0 Å². The number of rotatable bonds is 1. The van der Waals surface area contributed by atoms with Crippen molar-refractivity contribution in [1.82, 2.24) is 0 Å². The lowest BCUT2D eigenvalue weighted by Crippen LogP contribution is -2.08. The molecule has 0 amide bonds. The Balaban J connectivity index is 3.21. The smallest absolute Gasteiger partial charge is 0.0271 e. The van der Waals surface area contributed by atoms with Crippen LogP contribution in [-0.4, -0.2) is 0 Å². The molecule has 1 atom stereocenters. The molecule has 2 N–H and O–H groups in total. The Kier molecular flexibility index (Phi) is 2.30. The Morgan fingerprint density at radius 1 is 1.18 bits per heavy atom. The first-order chi connectivity index (χ1) is 5.13. The molecule has 1 heteroatoms. The van der Waals surface area contributed by atoms with Gasteiger partial charge in [-0.15, -0.1) is 0 Å². The summed E-state index contributed by atoms with van der Waals surface area (Å²) in [4.78, 5) is 0. The summed E-state index contributed by atoms with van der Waals surface area (Å²) >= 11 is 0. The van der Waals surface area contributed by atoms with E-state index in [1.54, 1.807) is 0 Å². The molecular formula is C10H15N. The summed E-state index contributed by atoms with van der Waals surface area (Å²) in [6, 6.07) is 6.42. The minimum absolute atomic E-state index is 0.149. The normalized spacial score (nSPS) is 13.1. The molecular weight excluding hydrogens is 134 g/mol. The van der Waals surface area contributed by atoms with Crippen molar-refractivity contribution in [2.24, 2.45) is 5.73 Å². The van der Waals surface area contributed by atoms with Gasteiger partial charge in [0.2, 0.25) is 0 Å². The summed E-state index contributed by atoms with van der Waals surface area (Å²) < 4.78 is 0. The molecule has 11 heavy (non-hydrogen) atoms. The zero-order valence-corrected chi connectivity index (χ0v) is 7.39. The zero-order chi connectivity index (χ0) is 8.43. The van der Waals surface area contributed by atoms with Crippen molar-refractivity contribution >= 4 is 0 Å². The molecule has 1 nitrogen and oxygen atoms in total. The van der Waals surface area contributed by atoms with Crippen LogP contribution >= 0.6 is 0 Å². The number of nitrogens with two attached hydrogens (primary N) is 1. The largest absolute Gasteiger partial charge is 0.324 e.